The molecule has 0 aromatic heterocycles. The molecule has 2 rings (SSSR count). The van der Waals surface area contributed by atoms with Gasteiger partial charge in [-0.2, -0.15) is 0 Å². The number of nitrogen functional groups attached to an aromatic ring is 1. The van der Waals surface area contributed by atoms with Crippen LogP contribution in [0.4, 0.5) is 11.4 Å². The van der Waals surface area contributed by atoms with Gasteiger partial charge in [0.15, 0.2) is 0 Å². The van der Waals surface area contributed by atoms with Crippen LogP contribution in [0.2, 0.25) is 5.02 Å². The summed E-state index contributed by atoms with van der Waals surface area (Å²) in [4.78, 5) is 11.3. The second-order valence-corrected chi connectivity index (χ2v) is 5.97. The zero-order valence-electron chi connectivity index (χ0n) is 11.7. The average molecular weight is 297 g/mol. The van der Waals surface area contributed by atoms with Gasteiger partial charge in [0.2, 0.25) is 0 Å². The fourth-order valence-corrected chi connectivity index (χ4v) is 3.21. The van der Waals surface area contributed by atoms with Crippen LogP contribution in [0.3, 0.4) is 0 Å². The minimum Gasteiger partial charge on any atom is -0.478 e. The van der Waals surface area contributed by atoms with Gasteiger partial charge in [0.25, 0.3) is 0 Å². The van der Waals surface area contributed by atoms with E-state index in [0.717, 1.165) is 0 Å². The van der Waals surface area contributed by atoms with E-state index in [1.807, 2.05) is 0 Å². The quantitative estimate of drug-likeness (QED) is 0.734. The molecule has 0 aliphatic heterocycles. The molecular formula is C15H21ClN2O2. The lowest BCUT2D eigenvalue weighted by atomic mass is 9.84. The van der Waals surface area contributed by atoms with Crippen LogP contribution in [0.15, 0.2) is 12.1 Å². The van der Waals surface area contributed by atoms with Crippen molar-refractivity contribution in [3.05, 3.63) is 22.7 Å². The van der Waals surface area contributed by atoms with Gasteiger partial charge in [0.1, 0.15) is 0 Å². The van der Waals surface area contributed by atoms with Gasteiger partial charge >= 0.3 is 5.97 Å². The van der Waals surface area contributed by atoms with Crippen molar-refractivity contribution in [3.63, 3.8) is 0 Å². The Morgan fingerprint density at radius 2 is 2.05 bits per heavy atom. The number of carbonyl (C=O) groups is 1. The largest absolute Gasteiger partial charge is 0.478 e. The van der Waals surface area contributed by atoms with Crippen molar-refractivity contribution in [2.75, 3.05) is 11.1 Å². The molecule has 1 aromatic carbocycles. The molecule has 0 amide bonds. The number of carboxylic acids is 1. The lowest BCUT2D eigenvalue weighted by molar-refractivity contribution is 0.0698. The van der Waals surface area contributed by atoms with E-state index in [-0.39, 0.29) is 11.6 Å². The number of benzene rings is 1. The molecular weight excluding hydrogens is 276 g/mol. The number of carboxylic acid groups (broad SMARTS) is 1. The first-order valence-electron chi connectivity index (χ1n) is 7.08. The van der Waals surface area contributed by atoms with Crippen LogP contribution in [0.25, 0.3) is 0 Å². The Morgan fingerprint density at radius 1 is 1.40 bits per heavy atom. The van der Waals surface area contributed by atoms with Crippen molar-refractivity contribution in [1.29, 1.82) is 0 Å². The highest BCUT2D eigenvalue weighted by Crippen LogP contribution is 2.33. The van der Waals surface area contributed by atoms with Crippen LogP contribution in [0.1, 0.15) is 49.4 Å². The van der Waals surface area contributed by atoms with Gasteiger partial charge in [-0.15, -0.1) is 0 Å². The van der Waals surface area contributed by atoms with Gasteiger partial charge in [-0.25, -0.2) is 4.79 Å². The molecule has 20 heavy (non-hydrogen) atoms. The summed E-state index contributed by atoms with van der Waals surface area (Å²) < 4.78 is 0. The van der Waals surface area contributed by atoms with Gasteiger partial charge in [0.05, 0.1) is 16.3 Å². The number of nitrogens with one attached hydrogen (secondary N) is 1. The molecule has 1 unspecified atom stereocenters. The molecule has 0 saturated heterocycles. The van der Waals surface area contributed by atoms with Crippen molar-refractivity contribution < 1.29 is 9.90 Å². The van der Waals surface area contributed by atoms with E-state index in [0.29, 0.717) is 22.3 Å². The predicted molar refractivity (Wildman–Crippen MR) is 82.5 cm³/mol. The molecule has 4 nitrogen and oxygen atoms in total. The maximum atomic E-state index is 11.3. The molecule has 4 N–H and O–H groups in total. The fourth-order valence-electron chi connectivity index (χ4n) is 2.92. The number of anilines is 2. The monoisotopic (exact) mass is 296 g/mol. The minimum absolute atomic E-state index is 0.137. The standard InChI is InChI=1S/C15H21ClN2O2/c1-9(10-5-3-2-4-6-10)18-14-12(15(19)20)7-11(17)8-13(14)16/h7-10,18H,2-6,17H2,1H3,(H,19,20). The first-order chi connectivity index (χ1) is 9.49. The molecule has 110 valence electrons. The summed E-state index contributed by atoms with van der Waals surface area (Å²) in [5.41, 5.74) is 6.64. The third-order valence-electron chi connectivity index (χ3n) is 4.07. The molecule has 5 heteroatoms. The number of nitrogens with two attached hydrogens (primary N) is 1. The van der Waals surface area contributed by atoms with Crippen LogP contribution >= 0.6 is 11.6 Å². The summed E-state index contributed by atoms with van der Waals surface area (Å²) in [7, 11) is 0. The number of hydrogen-bond acceptors (Lipinski definition) is 3. The van der Waals surface area contributed by atoms with Crippen molar-refractivity contribution in [2.24, 2.45) is 5.92 Å². The van der Waals surface area contributed by atoms with Crippen molar-refractivity contribution in [2.45, 2.75) is 45.1 Å². The Kier molecular flexibility index (Phi) is 4.76. The highest BCUT2D eigenvalue weighted by atomic mass is 35.5. The zero-order valence-corrected chi connectivity index (χ0v) is 12.4. The van der Waals surface area contributed by atoms with Gasteiger partial charge in [0, 0.05) is 11.7 Å². The Bertz CT molecular complexity index is 499. The van der Waals surface area contributed by atoms with E-state index < -0.39 is 5.97 Å². The summed E-state index contributed by atoms with van der Waals surface area (Å²) in [5, 5.41) is 12.9. The second kappa shape index (κ2) is 6.35. The van der Waals surface area contributed by atoms with E-state index >= 15 is 0 Å². The van der Waals surface area contributed by atoms with Crippen LogP contribution < -0.4 is 11.1 Å². The number of aromatic carboxylic acids is 1. The molecule has 1 aromatic rings. The Hall–Kier alpha value is -1.42. The topological polar surface area (TPSA) is 75.3 Å². The molecule has 0 bridgehead atoms. The highest BCUT2D eigenvalue weighted by molar-refractivity contribution is 6.34. The second-order valence-electron chi connectivity index (χ2n) is 5.56. The first-order valence-corrected chi connectivity index (χ1v) is 7.45. The highest BCUT2D eigenvalue weighted by Gasteiger charge is 2.23. The average Bonchev–Trinajstić information content (AvgIpc) is 2.42. The Morgan fingerprint density at radius 3 is 2.65 bits per heavy atom. The molecule has 0 spiro atoms. The van der Waals surface area contributed by atoms with E-state index in [4.69, 9.17) is 17.3 Å². The van der Waals surface area contributed by atoms with Crippen LogP contribution in [-0.2, 0) is 0 Å². The third-order valence-corrected chi connectivity index (χ3v) is 4.37. The number of halogens is 1. The fraction of sp³-hybridized carbons (Fsp3) is 0.533. The maximum absolute atomic E-state index is 11.3. The van der Waals surface area contributed by atoms with Crippen LogP contribution in [-0.4, -0.2) is 17.1 Å². The van der Waals surface area contributed by atoms with Crippen LogP contribution in [0.5, 0.6) is 0 Å². The smallest absolute Gasteiger partial charge is 0.337 e. The first kappa shape index (κ1) is 15.0. The summed E-state index contributed by atoms with van der Waals surface area (Å²) in [6.45, 7) is 2.09. The third kappa shape index (κ3) is 3.37. The maximum Gasteiger partial charge on any atom is 0.337 e. The summed E-state index contributed by atoms with van der Waals surface area (Å²) in [6.07, 6.45) is 6.16. The molecule has 1 aliphatic carbocycles. The van der Waals surface area contributed by atoms with Crippen molar-refractivity contribution in [1.82, 2.24) is 0 Å². The molecule has 0 heterocycles. The molecule has 1 atom stereocenters. The van der Waals surface area contributed by atoms with E-state index in [9.17, 15) is 9.90 Å². The van der Waals surface area contributed by atoms with Gasteiger partial charge in [-0.3, -0.25) is 0 Å². The Balaban J connectivity index is 2.21. The SMILES string of the molecule is CC(Nc1c(Cl)cc(N)cc1C(=O)O)C1CCCCC1. The van der Waals surface area contributed by atoms with Crippen LogP contribution in [0, 0.1) is 5.92 Å². The molecule has 1 saturated carbocycles. The van der Waals surface area contributed by atoms with Gasteiger partial charge in [-0.1, -0.05) is 30.9 Å². The Labute approximate surface area is 124 Å². The normalized spacial score (nSPS) is 17.7. The zero-order chi connectivity index (χ0) is 14.7. The summed E-state index contributed by atoms with van der Waals surface area (Å²) in [6, 6.07) is 3.24. The number of hydrogen-bond donors (Lipinski definition) is 3. The summed E-state index contributed by atoms with van der Waals surface area (Å²) >= 11 is 6.16. The molecule has 1 fully saturated rings. The van der Waals surface area contributed by atoms with E-state index in [1.54, 1.807) is 6.07 Å². The lowest BCUT2D eigenvalue weighted by Crippen LogP contribution is -2.28. The van der Waals surface area contributed by atoms with Crippen molar-refractivity contribution in [3.8, 4) is 0 Å². The molecule has 0 radical (unpaired) electrons. The summed E-state index contributed by atoms with van der Waals surface area (Å²) in [5.74, 6) is -0.448. The van der Waals surface area contributed by atoms with Gasteiger partial charge in [-0.05, 0) is 37.8 Å². The lowest BCUT2D eigenvalue weighted by Gasteiger charge is -2.29. The predicted octanol–water partition coefficient (Wildman–Crippen LogP) is 4.00. The number of rotatable bonds is 4. The van der Waals surface area contributed by atoms with Gasteiger partial charge < -0.3 is 16.2 Å². The van der Waals surface area contributed by atoms with E-state index in [1.165, 1.54) is 38.2 Å². The van der Waals surface area contributed by atoms with E-state index in [2.05, 4.69) is 12.2 Å². The minimum atomic E-state index is -1.02. The van der Waals surface area contributed by atoms with Crippen molar-refractivity contribution >= 4 is 28.9 Å². The molecule has 1 aliphatic rings.